The van der Waals surface area contributed by atoms with Gasteiger partial charge in [0, 0.05) is 38.1 Å². The number of halogens is 1. The van der Waals surface area contributed by atoms with E-state index in [9.17, 15) is 4.79 Å². The lowest BCUT2D eigenvalue weighted by molar-refractivity contribution is 0.102. The van der Waals surface area contributed by atoms with Crippen molar-refractivity contribution in [2.75, 3.05) is 50.1 Å². The van der Waals surface area contributed by atoms with E-state index in [0.717, 1.165) is 38.4 Å². The lowest BCUT2D eigenvalue weighted by Crippen LogP contribution is -2.46. The van der Waals surface area contributed by atoms with Crippen LogP contribution in [0.5, 0.6) is 5.75 Å². The maximum absolute atomic E-state index is 12.6. The minimum Gasteiger partial charge on any atom is -0.495 e. The minimum atomic E-state index is -0.215. The van der Waals surface area contributed by atoms with Crippen LogP contribution in [-0.2, 0) is 0 Å². The molecule has 0 bridgehead atoms. The number of likely N-dealkylation sites (N-methyl/N-ethyl adjacent to an activating group) is 1. The Labute approximate surface area is 158 Å². The highest BCUT2D eigenvalue weighted by Gasteiger charge is 2.17. The fourth-order valence-electron chi connectivity index (χ4n) is 2.99. The SMILES string of the molecule is CCN1CCN(c2cncc(C(=O)Nc3ccc(OC)c(Cl)c3)c2)CC1. The molecule has 26 heavy (non-hydrogen) atoms. The normalized spacial score (nSPS) is 15.0. The van der Waals surface area contributed by atoms with E-state index in [1.807, 2.05) is 12.3 Å². The van der Waals surface area contributed by atoms with Crippen LogP contribution in [0.25, 0.3) is 0 Å². The van der Waals surface area contributed by atoms with E-state index in [1.165, 1.54) is 0 Å². The molecular weight excluding hydrogens is 352 g/mol. The molecule has 138 valence electrons. The highest BCUT2D eigenvalue weighted by molar-refractivity contribution is 6.32. The fourth-order valence-corrected chi connectivity index (χ4v) is 3.25. The lowest BCUT2D eigenvalue weighted by Gasteiger charge is -2.35. The molecule has 1 saturated heterocycles. The van der Waals surface area contributed by atoms with Crippen molar-refractivity contribution in [2.45, 2.75) is 6.92 Å². The largest absolute Gasteiger partial charge is 0.495 e. The average Bonchev–Trinajstić information content (AvgIpc) is 2.68. The summed E-state index contributed by atoms with van der Waals surface area (Å²) in [6.07, 6.45) is 3.38. The number of carbonyl (C=O) groups is 1. The Hall–Kier alpha value is -2.31. The zero-order valence-electron chi connectivity index (χ0n) is 15.0. The van der Waals surface area contributed by atoms with Gasteiger partial charge >= 0.3 is 0 Å². The number of anilines is 2. The average molecular weight is 375 g/mol. The smallest absolute Gasteiger partial charge is 0.257 e. The van der Waals surface area contributed by atoms with Gasteiger partial charge in [-0.05, 0) is 30.8 Å². The quantitative estimate of drug-likeness (QED) is 0.871. The molecule has 2 heterocycles. The van der Waals surface area contributed by atoms with Crippen molar-refractivity contribution in [3.8, 4) is 5.75 Å². The van der Waals surface area contributed by atoms with Crippen LogP contribution in [0.15, 0.2) is 36.7 Å². The van der Waals surface area contributed by atoms with Gasteiger partial charge in [0.05, 0.1) is 29.6 Å². The van der Waals surface area contributed by atoms with Crippen molar-refractivity contribution in [1.82, 2.24) is 9.88 Å². The van der Waals surface area contributed by atoms with E-state index in [2.05, 4.69) is 27.0 Å². The number of carbonyl (C=O) groups excluding carboxylic acids is 1. The molecule has 0 aliphatic carbocycles. The first-order chi connectivity index (χ1) is 12.6. The molecule has 3 rings (SSSR count). The van der Waals surface area contributed by atoms with Crippen LogP contribution in [0, 0.1) is 0 Å². The summed E-state index contributed by atoms with van der Waals surface area (Å²) in [6.45, 7) is 7.17. The van der Waals surface area contributed by atoms with Gasteiger partial charge in [0.25, 0.3) is 5.91 Å². The highest BCUT2D eigenvalue weighted by Crippen LogP contribution is 2.27. The van der Waals surface area contributed by atoms with E-state index >= 15 is 0 Å². The number of ether oxygens (including phenoxy) is 1. The number of aromatic nitrogens is 1. The first-order valence-electron chi connectivity index (χ1n) is 8.68. The number of methoxy groups -OCH3 is 1. The molecule has 0 unspecified atom stereocenters. The lowest BCUT2D eigenvalue weighted by atomic mass is 10.2. The molecular formula is C19H23ClN4O2. The van der Waals surface area contributed by atoms with Crippen LogP contribution in [0.1, 0.15) is 17.3 Å². The molecule has 1 aromatic carbocycles. The Bertz CT molecular complexity index is 776. The molecule has 7 heteroatoms. The summed E-state index contributed by atoms with van der Waals surface area (Å²) in [6, 6.07) is 7.03. The van der Waals surface area contributed by atoms with Crippen molar-refractivity contribution >= 4 is 28.9 Å². The third kappa shape index (κ3) is 4.26. The monoisotopic (exact) mass is 374 g/mol. The summed E-state index contributed by atoms with van der Waals surface area (Å²) < 4.78 is 5.12. The third-order valence-electron chi connectivity index (χ3n) is 4.58. The second kappa shape index (κ2) is 8.38. The molecule has 0 atom stereocenters. The summed E-state index contributed by atoms with van der Waals surface area (Å²) in [5.41, 5.74) is 2.11. The van der Waals surface area contributed by atoms with Crippen molar-refractivity contribution in [1.29, 1.82) is 0 Å². The number of hydrogen-bond acceptors (Lipinski definition) is 5. The van der Waals surface area contributed by atoms with Gasteiger partial charge in [-0.2, -0.15) is 0 Å². The second-order valence-corrected chi connectivity index (χ2v) is 6.56. The van der Waals surface area contributed by atoms with Crippen LogP contribution in [0.2, 0.25) is 5.02 Å². The maximum atomic E-state index is 12.6. The number of pyridine rings is 1. The second-order valence-electron chi connectivity index (χ2n) is 6.16. The Morgan fingerprint density at radius 3 is 2.65 bits per heavy atom. The molecule has 1 aliphatic rings. The zero-order valence-corrected chi connectivity index (χ0v) is 15.8. The van der Waals surface area contributed by atoms with E-state index in [-0.39, 0.29) is 5.91 Å². The van der Waals surface area contributed by atoms with E-state index in [0.29, 0.717) is 22.0 Å². The van der Waals surface area contributed by atoms with Crippen molar-refractivity contribution in [3.05, 3.63) is 47.2 Å². The number of hydrogen-bond donors (Lipinski definition) is 1. The zero-order chi connectivity index (χ0) is 18.5. The van der Waals surface area contributed by atoms with Gasteiger partial charge in [-0.15, -0.1) is 0 Å². The van der Waals surface area contributed by atoms with Gasteiger partial charge in [-0.25, -0.2) is 0 Å². The van der Waals surface area contributed by atoms with Gasteiger partial charge in [0.1, 0.15) is 5.75 Å². The molecule has 2 aromatic rings. The van der Waals surface area contributed by atoms with Crippen LogP contribution < -0.4 is 15.0 Å². The minimum absolute atomic E-state index is 0.215. The number of nitrogens with one attached hydrogen (secondary N) is 1. The number of amides is 1. The molecule has 6 nitrogen and oxygen atoms in total. The number of rotatable bonds is 5. The molecule has 1 aliphatic heterocycles. The molecule has 1 amide bonds. The van der Waals surface area contributed by atoms with Crippen LogP contribution in [0.3, 0.4) is 0 Å². The molecule has 1 fully saturated rings. The fraction of sp³-hybridized carbons (Fsp3) is 0.368. The van der Waals surface area contributed by atoms with Gasteiger partial charge in [0.15, 0.2) is 0 Å². The van der Waals surface area contributed by atoms with E-state index in [1.54, 1.807) is 31.5 Å². The summed E-state index contributed by atoms with van der Waals surface area (Å²) >= 11 is 6.11. The maximum Gasteiger partial charge on any atom is 0.257 e. The van der Waals surface area contributed by atoms with Gasteiger partial charge < -0.3 is 19.9 Å². The highest BCUT2D eigenvalue weighted by atomic mass is 35.5. The Balaban J connectivity index is 1.69. The van der Waals surface area contributed by atoms with E-state index < -0.39 is 0 Å². The third-order valence-corrected chi connectivity index (χ3v) is 4.88. The Morgan fingerprint density at radius 2 is 2.00 bits per heavy atom. The van der Waals surface area contributed by atoms with Crippen LogP contribution in [-0.4, -0.2) is 55.6 Å². The van der Waals surface area contributed by atoms with Crippen molar-refractivity contribution in [3.63, 3.8) is 0 Å². The number of piperazine rings is 1. The first-order valence-corrected chi connectivity index (χ1v) is 9.05. The molecule has 1 N–H and O–H groups in total. The predicted molar refractivity (Wildman–Crippen MR) is 105 cm³/mol. The number of benzene rings is 1. The topological polar surface area (TPSA) is 57.7 Å². The predicted octanol–water partition coefficient (Wildman–Crippen LogP) is 3.14. The summed E-state index contributed by atoms with van der Waals surface area (Å²) in [4.78, 5) is 21.5. The van der Waals surface area contributed by atoms with Crippen molar-refractivity contribution in [2.24, 2.45) is 0 Å². The summed E-state index contributed by atoms with van der Waals surface area (Å²) in [7, 11) is 1.55. The summed E-state index contributed by atoms with van der Waals surface area (Å²) in [5.74, 6) is 0.354. The first kappa shape index (κ1) is 18.5. The Morgan fingerprint density at radius 1 is 1.23 bits per heavy atom. The molecule has 0 spiro atoms. The molecule has 0 radical (unpaired) electrons. The standard InChI is InChI=1S/C19H23ClN4O2/c1-3-23-6-8-24(9-7-23)16-10-14(12-21-13-16)19(25)22-15-4-5-18(26-2)17(20)11-15/h4-5,10-13H,3,6-9H2,1-2H3,(H,22,25). The summed E-state index contributed by atoms with van der Waals surface area (Å²) in [5, 5.41) is 3.30. The van der Waals surface area contributed by atoms with Gasteiger partial charge in [0.2, 0.25) is 0 Å². The van der Waals surface area contributed by atoms with E-state index in [4.69, 9.17) is 16.3 Å². The number of nitrogens with zero attached hydrogens (tertiary/aromatic N) is 3. The Kier molecular flexibility index (Phi) is 5.96. The molecule has 0 saturated carbocycles. The van der Waals surface area contributed by atoms with Gasteiger partial charge in [-0.3, -0.25) is 9.78 Å². The van der Waals surface area contributed by atoms with Gasteiger partial charge in [-0.1, -0.05) is 18.5 Å². The van der Waals surface area contributed by atoms with Crippen molar-refractivity contribution < 1.29 is 9.53 Å². The van der Waals surface area contributed by atoms with Crippen LogP contribution in [0.4, 0.5) is 11.4 Å². The molecule has 1 aromatic heterocycles. The van der Waals surface area contributed by atoms with Crippen LogP contribution >= 0.6 is 11.6 Å².